The van der Waals surface area contributed by atoms with Gasteiger partial charge in [0.15, 0.2) is 6.29 Å². The second-order valence-corrected chi connectivity index (χ2v) is 10.9. The molecule has 1 aliphatic rings. The number of amides is 1. The third-order valence-electron chi connectivity index (χ3n) is 5.54. The van der Waals surface area contributed by atoms with E-state index in [2.05, 4.69) is 18.7 Å². The number of ether oxygens (including phenoxy) is 4. The van der Waals surface area contributed by atoms with Crippen LogP contribution in [-0.4, -0.2) is 92.7 Å². The van der Waals surface area contributed by atoms with Crippen molar-refractivity contribution in [1.29, 1.82) is 0 Å². The number of hydrogen-bond donors (Lipinski definition) is 0. The van der Waals surface area contributed by atoms with Crippen LogP contribution in [0.5, 0.6) is 5.75 Å². The fourth-order valence-electron chi connectivity index (χ4n) is 3.36. The maximum absolute atomic E-state index is 12.1. The first-order valence-electron chi connectivity index (χ1n) is 12.4. The minimum Gasteiger partial charge on any atom is -0.465 e. The lowest BCUT2D eigenvalue weighted by atomic mass is 10.1. The van der Waals surface area contributed by atoms with E-state index in [0.29, 0.717) is 31.3 Å². The van der Waals surface area contributed by atoms with E-state index in [-0.39, 0.29) is 24.8 Å². The van der Waals surface area contributed by atoms with Crippen LogP contribution < -0.4 is 4.74 Å². The molecule has 35 heavy (non-hydrogen) atoms. The van der Waals surface area contributed by atoms with Crippen LogP contribution in [0.25, 0.3) is 0 Å². The maximum Gasteiger partial charge on any atom is 0.409 e. The van der Waals surface area contributed by atoms with Gasteiger partial charge in [0.25, 0.3) is 0 Å². The Hall–Kier alpha value is -1.62. The van der Waals surface area contributed by atoms with Crippen LogP contribution in [0.3, 0.4) is 0 Å². The summed E-state index contributed by atoms with van der Waals surface area (Å²) in [4.78, 5) is 27.9. The van der Waals surface area contributed by atoms with Crippen LogP contribution >= 0.6 is 21.6 Å². The Labute approximate surface area is 217 Å². The number of nitrogens with zero attached hydrogens (tertiary/aromatic N) is 2. The number of benzene rings is 1. The van der Waals surface area contributed by atoms with Crippen LogP contribution in [0.4, 0.5) is 4.79 Å². The third-order valence-corrected chi connectivity index (χ3v) is 7.87. The smallest absolute Gasteiger partial charge is 0.409 e. The second kappa shape index (κ2) is 17.8. The predicted octanol–water partition coefficient (Wildman–Crippen LogP) is 4.47. The van der Waals surface area contributed by atoms with Gasteiger partial charge in [-0.1, -0.05) is 47.6 Å². The summed E-state index contributed by atoms with van der Waals surface area (Å²) in [6.45, 7) is 9.12. The highest BCUT2D eigenvalue weighted by Crippen LogP contribution is 2.21. The fourth-order valence-corrected chi connectivity index (χ4v) is 5.02. The van der Waals surface area contributed by atoms with Crippen molar-refractivity contribution in [3.05, 3.63) is 29.8 Å². The first kappa shape index (κ1) is 29.6. The zero-order valence-electron chi connectivity index (χ0n) is 21.2. The van der Waals surface area contributed by atoms with Gasteiger partial charge in [-0.3, -0.25) is 4.79 Å². The molecule has 1 aromatic rings. The Kier molecular flexibility index (Phi) is 15.0. The van der Waals surface area contributed by atoms with E-state index in [1.165, 1.54) is 0 Å². The summed E-state index contributed by atoms with van der Waals surface area (Å²) < 4.78 is 22.0. The lowest BCUT2D eigenvalue weighted by Crippen LogP contribution is -2.36. The molecule has 0 aromatic heterocycles. The molecule has 2 rings (SSSR count). The summed E-state index contributed by atoms with van der Waals surface area (Å²) >= 11 is 0. The van der Waals surface area contributed by atoms with E-state index >= 15 is 0 Å². The van der Waals surface area contributed by atoms with Crippen LogP contribution in [-0.2, 0) is 25.4 Å². The predicted molar refractivity (Wildman–Crippen MR) is 142 cm³/mol. The summed E-state index contributed by atoms with van der Waals surface area (Å²) in [6.07, 6.45) is 2.88. The van der Waals surface area contributed by atoms with Crippen molar-refractivity contribution < 1.29 is 28.5 Å². The minimum absolute atomic E-state index is 0.175. The van der Waals surface area contributed by atoms with Crippen molar-refractivity contribution >= 4 is 33.7 Å². The SMILES string of the molecule is CCN(CC)CCN(C)C(=O)OCCSSCCOC(=O)Cc1ccc(OC2CCCCO2)cc1. The quantitative estimate of drug-likeness (QED) is 0.175. The van der Waals surface area contributed by atoms with Crippen molar-refractivity contribution in [3.63, 3.8) is 0 Å². The topological polar surface area (TPSA) is 77.5 Å². The van der Waals surface area contributed by atoms with E-state index in [1.807, 2.05) is 24.3 Å². The lowest BCUT2D eigenvalue weighted by molar-refractivity contribution is -0.142. The average Bonchev–Trinajstić information content (AvgIpc) is 2.87. The van der Waals surface area contributed by atoms with Gasteiger partial charge >= 0.3 is 12.1 Å². The Balaban J connectivity index is 1.47. The first-order chi connectivity index (χ1) is 17.0. The van der Waals surface area contributed by atoms with Gasteiger partial charge in [0, 0.05) is 38.1 Å². The molecule has 1 aromatic carbocycles. The fraction of sp³-hybridized carbons (Fsp3) is 0.680. The number of carbonyl (C=O) groups is 2. The monoisotopic (exact) mass is 528 g/mol. The average molecular weight is 529 g/mol. The summed E-state index contributed by atoms with van der Waals surface area (Å²) in [7, 11) is 4.96. The van der Waals surface area contributed by atoms with E-state index < -0.39 is 0 Å². The molecule has 0 bridgehead atoms. The van der Waals surface area contributed by atoms with Crippen LogP contribution in [0.2, 0.25) is 0 Å². The number of likely N-dealkylation sites (N-methyl/N-ethyl adjacent to an activating group) is 2. The molecule has 1 fully saturated rings. The van der Waals surface area contributed by atoms with E-state index in [9.17, 15) is 9.59 Å². The highest BCUT2D eigenvalue weighted by atomic mass is 33.1. The largest absolute Gasteiger partial charge is 0.465 e. The highest BCUT2D eigenvalue weighted by molar-refractivity contribution is 8.76. The van der Waals surface area contributed by atoms with Gasteiger partial charge < -0.3 is 28.7 Å². The molecular formula is C25H40N2O6S2. The van der Waals surface area contributed by atoms with Gasteiger partial charge in [0.05, 0.1) is 13.0 Å². The number of rotatable bonds is 16. The van der Waals surface area contributed by atoms with Gasteiger partial charge in [0.2, 0.25) is 0 Å². The van der Waals surface area contributed by atoms with Gasteiger partial charge in [0.1, 0.15) is 19.0 Å². The van der Waals surface area contributed by atoms with Crippen LogP contribution in [0.15, 0.2) is 24.3 Å². The van der Waals surface area contributed by atoms with Gasteiger partial charge in [-0.25, -0.2) is 4.79 Å². The Morgan fingerprint density at radius 2 is 1.69 bits per heavy atom. The zero-order chi connectivity index (χ0) is 25.3. The highest BCUT2D eigenvalue weighted by Gasteiger charge is 2.15. The molecule has 8 nitrogen and oxygen atoms in total. The standard InChI is InChI=1S/C25H40N2O6S2/c1-4-27(5-2)14-13-26(3)25(29)32-17-19-35-34-18-16-30-23(28)20-21-9-11-22(12-10-21)33-24-8-6-7-15-31-24/h9-12,24H,4-8,13-20H2,1-3H3. The second-order valence-electron chi connectivity index (χ2n) is 8.16. The van der Waals surface area contributed by atoms with Crippen molar-refractivity contribution in [2.45, 2.75) is 45.8 Å². The normalized spacial score (nSPS) is 15.6. The van der Waals surface area contributed by atoms with Crippen LogP contribution in [0.1, 0.15) is 38.7 Å². The molecule has 0 N–H and O–H groups in total. The zero-order valence-corrected chi connectivity index (χ0v) is 22.9. The molecule has 1 heterocycles. The minimum atomic E-state index is -0.293. The van der Waals surface area contributed by atoms with Crippen LogP contribution in [0, 0.1) is 0 Å². The molecule has 1 atom stereocenters. The summed E-state index contributed by atoms with van der Waals surface area (Å²) in [5.41, 5.74) is 0.887. The Bertz CT molecular complexity index is 727. The Morgan fingerprint density at radius 3 is 2.31 bits per heavy atom. The van der Waals surface area contributed by atoms with Crippen molar-refractivity contribution in [2.24, 2.45) is 0 Å². The molecule has 198 valence electrons. The molecule has 1 saturated heterocycles. The molecule has 0 aliphatic carbocycles. The summed E-state index contributed by atoms with van der Waals surface area (Å²) in [6, 6.07) is 7.49. The number of carbonyl (C=O) groups excluding carboxylic acids is 2. The molecule has 1 aliphatic heterocycles. The molecule has 1 unspecified atom stereocenters. The van der Waals surface area contributed by atoms with Crippen molar-refractivity contribution in [1.82, 2.24) is 9.80 Å². The number of esters is 1. The number of hydrogen-bond acceptors (Lipinski definition) is 9. The van der Waals surface area contributed by atoms with E-state index in [4.69, 9.17) is 18.9 Å². The molecule has 0 radical (unpaired) electrons. The molecule has 0 saturated carbocycles. The molecule has 10 heteroatoms. The van der Waals surface area contributed by atoms with E-state index in [0.717, 1.165) is 56.8 Å². The van der Waals surface area contributed by atoms with Gasteiger partial charge in [-0.05, 0) is 43.6 Å². The van der Waals surface area contributed by atoms with E-state index in [1.54, 1.807) is 33.5 Å². The molecular weight excluding hydrogens is 488 g/mol. The molecule has 0 spiro atoms. The third kappa shape index (κ3) is 12.8. The maximum atomic E-state index is 12.1. The Morgan fingerprint density at radius 1 is 1.00 bits per heavy atom. The van der Waals surface area contributed by atoms with Crippen molar-refractivity contribution in [2.75, 3.05) is 64.6 Å². The first-order valence-corrected chi connectivity index (χ1v) is 14.9. The summed E-state index contributed by atoms with van der Waals surface area (Å²) in [5, 5.41) is 0. The summed E-state index contributed by atoms with van der Waals surface area (Å²) in [5.74, 6) is 1.87. The van der Waals surface area contributed by atoms with Crippen molar-refractivity contribution in [3.8, 4) is 5.75 Å². The molecule has 1 amide bonds. The lowest BCUT2D eigenvalue weighted by Gasteiger charge is -2.23. The van der Waals surface area contributed by atoms with Gasteiger partial charge in [-0.15, -0.1) is 0 Å². The van der Waals surface area contributed by atoms with Gasteiger partial charge in [-0.2, -0.15) is 0 Å².